The van der Waals surface area contributed by atoms with Crippen LogP contribution in [-0.2, 0) is 13.1 Å². The third kappa shape index (κ3) is 2.56. The molecule has 2 aromatic heterocycles. The summed E-state index contributed by atoms with van der Waals surface area (Å²) in [4.78, 5) is 35.9. The Morgan fingerprint density at radius 1 is 1.40 bits per heavy atom. The monoisotopic (exact) mass is 294 g/mol. The normalized spacial score (nSPS) is 10.5. The molecule has 3 N–H and O–H groups in total. The Balaban J connectivity index is 2.46. The molecule has 0 radical (unpaired) electrons. The third-order valence-corrected chi connectivity index (χ3v) is 3.85. The van der Waals surface area contributed by atoms with E-state index in [2.05, 4.69) is 0 Å². The van der Waals surface area contributed by atoms with Crippen molar-refractivity contribution in [1.82, 2.24) is 14.6 Å². The minimum absolute atomic E-state index is 0.0464. The van der Waals surface area contributed by atoms with E-state index in [1.54, 1.807) is 11.4 Å². The second kappa shape index (κ2) is 5.85. The number of nitrogens with two attached hydrogens (primary N) is 1. The van der Waals surface area contributed by atoms with Crippen LogP contribution in [0.3, 0.4) is 0 Å². The van der Waals surface area contributed by atoms with Gasteiger partial charge in [-0.3, -0.25) is 19.6 Å². The summed E-state index contributed by atoms with van der Waals surface area (Å²) in [6.45, 7) is 2.33. The van der Waals surface area contributed by atoms with E-state index in [4.69, 9.17) is 5.84 Å². The molecule has 0 aliphatic rings. The van der Waals surface area contributed by atoms with E-state index in [9.17, 15) is 14.4 Å². The van der Waals surface area contributed by atoms with Crippen LogP contribution >= 0.6 is 11.3 Å². The first-order valence-corrected chi connectivity index (χ1v) is 6.84. The molecule has 0 spiro atoms. The van der Waals surface area contributed by atoms with Gasteiger partial charge in [0.15, 0.2) is 0 Å². The van der Waals surface area contributed by atoms with Crippen LogP contribution < -0.4 is 22.5 Å². The second-order valence-corrected chi connectivity index (χ2v) is 4.97. The van der Waals surface area contributed by atoms with Crippen LogP contribution in [0.5, 0.6) is 0 Å². The van der Waals surface area contributed by atoms with E-state index in [0.717, 1.165) is 4.57 Å². The molecule has 8 heteroatoms. The molecule has 0 bridgehead atoms. The summed E-state index contributed by atoms with van der Waals surface area (Å²) in [5, 5.41) is 1.71. The molecule has 0 aliphatic heterocycles. The lowest BCUT2D eigenvalue weighted by Crippen LogP contribution is -2.39. The summed E-state index contributed by atoms with van der Waals surface area (Å²) in [5.74, 6) is 4.67. The fourth-order valence-corrected chi connectivity index (χ4v) is 2.66. The Labute approximate surface area is 118 Å². The van der Waals surface area contributed by atoms with E-state index in [0.29, 0.717) is 17.0 Å². The van der Waals surface area contributed by atoms with Gasteiger partial charge in [-0.05, 0) is 23.9 Å². The molecule has 0 atom stereocenters. The van der Waals surface area contributed by atoms with Crippen LogP contribution in [0.25, 0.3) is 0 Å². The van der Waals surface area contributed by atoms with Gasteiger partial charge in [0, 0.05) is 18.8 Å². The molecule has 0 aliphatic carbocycles. The number of aromatic nitrogens is 2. The zero-order valence-electron chi connectivity index (χ0n) is 10.8. The first-order valence-electron chi connectivity index (χ1n) is 5.96. The highest BCUT2D eigenvalue weighted by Crippen LogP contribution is 2.16. The smallest absolute Gasteiger partial charge is 0.301 e. The Morgan fingerprint density at radius 3 is 2.80 bits per heavy atom. The van der Waals surface area contributed by atoms with Gasteiger partial charge in [0.2, 0.25) is 0 Å². The van der Waals surface area contributed by atoms with Gasteiger partial charge in [-0.2, -0.15) is 0 Å². The van der Waals surface area contributed by atoms with Gasteiger partial charge in [0.1, 0.15) is 0 Å². The molecule has 7 nitrogen and oxygen atoms in total. The predicted octanol–water partition coefficient (Wildman–Crippen LogP) is -0.257. The number of nitrogen functional groups attached to an aromatic ring is 1. The van der Waals surface area contributed by atoms with Crippen LogP contribution in [0.2, 0.25) is 0 Å². The van der Waals surface area contributed by atoms with E-state index in [1.807, 2.05) is 12.3 Å². The highest BCUT2D eigenvalue weighted by atomic mass is 32.1. The Hall–Kier alpha value is -2.19. The molecule has 0 saturated heterocycles. The molecule has 0 unspecified atom stereocenters. The number of carbonyl (C=O) groups is 1. The number of hydrogen-bond acceptors (Lipinski definition) is 5. The first-order chi connectivity index (χ1) is 9.58. The van der Waals surface area contributed by atoms with Gasteiger partial charge >= 0.3 is 5.69 Å². The first kappa shape index (κ1) is 14.2. The molecule has 2 heterocycles. The Morgan fingerprint density at radius 2 is 2.15 bits per heavy atom. The van der Waals surface area contributed by atoms with Crippen molar-refractivity contribution in [3.8, 4) is 0 Å². The van der Waals surface area contributed by atoms with Crippen molar-refractivity contribution >= 4 is 17.2 Å². The summed E-state index contributed by atoms with van der Waals surface area (Å²) in [5.41, 5.74) is 1.84. The summed E-state index contributed by atoms with van der Waals surface area (Å²) >= 11 is 1.21. The second-order valence-electron chi connectivity index (χ2n) is 4.06. The van der Waals surface area contributed by atoms with Crippen molar-refractivity contribution < 1.29 is 4.79 Å². The number of hydrogen-bond donors (Lipinski definition) is 2. The lowest BCUT2D eigenvalue weighted by atomic mass is 10.2. The van der Waals surface area contributed by atoms with Crippen molar-refractivity contribution in [1.29, 1.82) is 0 Å². The summed E-state index contributed by atoms with van der Waals surface area (Å²) in [6.07, 6.45) is 1.46. The van der Waals surface area contributed by atoms with Crippen molar-refractivity contribution in [2.24, 2.45) is 5.84 Å². The zero-order valence-corrected chi connectivity index (χ0v) is 11.6. The van der Waals surface area contributed by atoms with Gasteiger partial charge in [-0.1, -0.05) is 0 Å². The quantitative estimate of drug-likeness (QED) is 0.461. The number of aryl methyl sites for hydroxylation is 1. The number of carbonyl (C=O) groups excluding carboxylic acids is 1. The average Bonchev–Trinajstić information content (AvgIpc) is 2.91. The maximum absolute atomic E-state index is 12.1. The van der Waals surface area contributed by atoms with E-state index < -0.39 is 17.2 Å². The average molecular weight is 294 g/mol. The number of rotatable bonds is 4. The number of thiophene rings is 1. The minimum Gasteiger partial charge on any atom is -0.301 e. The predicted molar refractivity (Wildman–Crippen MR) is 75.7 cm³/mol. The van der Waals surface area contributed by atoms with Crippen LogP contribution in [0.4, 0.5) is 0 Å². The summed E-state index contributed by atoms with van der Waals surface area (Å²) in [7, 11) is 0. The highest BCUT2D eigenvalue weighted by Gasteiger charge is 2.14. The zero-order chi connectivity index (χ0) is 14.7. The van der Waals surface area contributed by atoms with Gasteiger partial charge in [0.25, 0.3) is 11.5 Å². The molecular formula is C12H14N4O3S. The maximum Gasteiger partial charge on any atom is 0.331 e. The lowest BCUT2D eigenvalue weighted by Gasteiger charge is -2.08. The Bertz CT molecular complexity index is 744. The largest absolute Gasteiger partial charge is 0.331 e. The van der Waals surface area contributed by atoms with Crippen molar-refractivity contribution in [3.63, 3.8) is 0 Å². The molecule has 2 rings (SSSR count). The number of nitrogens with one attached hydrogen (secondary N) is 1. The molecular weight excluding hydrogens is 280 g/mol. The van der Waals surface area contributed by atoms with E-state index in [-0.39, 0.29) is 6.54 Å². The maximum atomic E-state index is 12.1. The van der Waals surface area contributed by atoms with Crippen LogP contribution in [0.1, 0.15) is 22.2 Å². The fraction of sp³-hybridized carbons (Fsp3) is 0.250. The molecule has 20 heavy (non-hydrogen) atoms. The van der Waals surface area contributed by atoms with E-state index >= 15 is 0 Å². The fourth-order valence-electron chi connectivity index (χ4n) is 1.84. The number of amides is 1. The SMILES string of the molecule is CCn1ccc(=O)n(Cc2ccsc2C(=O)NN)c1=O. The van der Waals surface area contributed by atoms with Gasteiger partial charge in [-0.15, -0.1) is 11.3 Å². The minimum atomic E-state index is -0.435. The number of nitrogens with zero attached hydrogens (tertiary/aromatic N) is 2. The van der Waals surface area contributed by atoms with Crippen molar-refractivity contribution in [3.05, 3.63) is 55.0 Å². The molecule has 0 fully saturated rings. The highest BCUT2D eigenvalue weighted by molar-refractivity contribution is 7.12. The summed E-state index contributed by atoms with van der Waals surface area (Å²) < 4.78 is 2.52. The third-order valence-electron chi connectivity index (χ3n) is 2.89. The molecule has 0 aromatic carbocycles. The van der Waals surface area contributed by atoms with Gasteiger partial charge < -0.3 is 4.57 Å². The molecule has 106 valence electrons. The van der Waals surface area contributed by atoms with Gasteiger partial charge in [0.05, 0.1) is 11.4 Å². The van der Waals surface area contributed by atoms with Crippen LogP contribution in [0, 0.1) is 0 Å². The Kier molecular flexibility index (Phi) is 4.16. The number of hydrazine groups is 1. The standard InChI is InChI=1S/C12H14N4O3S/c1-2-15-5-3-9(17)16(12(15)19)7-8-4-6-20-10(8)11(18)14-13/h3-6H,2,7,13H2,1H3,(H,14,18). The topological polar surface area (TPSA) is 99.1 Å². The van der Waals surface area contributed by atoms with Crippen LogP contribution in [0.15, 0.2) is 33.3 Å². The lowest BCUT2D eigenvalue weighted by molar-refractivity contribution is 0.0956. The van der Waals surface area contributed by atoms with E-state index in [1.165, 1.54) is 28.2 Å². The molecule has 0 saturated carbocycles. The molecule has 2 aromatic rings. The van der Waals surface area contributed by atoms with Crippen LogP contribution in [-0.4, -0.2) is 15.0 Å². The van der Waals surface area contributed by atoms with Gasteiger partial charge in [-0.25, -0.2) is 10.6 Å². The molecule has 1 amide bonds. The summed E-state index contributed by atoms with van der Waals surface area (Å²) in [6, 6.07) is 3.03. The van der Waals surface area contributed by atoms with Crippen molar-refractivity contribution in [2.75, 3.05) is 0 Å². The van der Waals surface area contributed by atoms with Crippen molar-refractivity contribution in [2.45, 2.75) is 20.0 Å².